The SMILES string of the molecule is COCc1nc(CCNS(=O)(=O)c2ccc(C)cc2C)cs1. The van der Waals surface area contributed by atoms with Gasteiger partial charge in [0.2, 0.25) is 10.0 Å². The van der Waals surface area contributed by atoms with E-state index in [0.29, 0.717) is 24.5 Å². The van der Waals surface area contributed by atoms with Gasteiger partial charge in [-0.2, -0.15) is 0 Å². The zero-order chi connectivity index (χ0) is 16.2. The molecule has 0 unspecified atom stereocenters. The summed E-state index contributed by atoms with van der Waals surface area (Å²) in [5.41, 5.74) is 2.67. The van der Waals surface area contributed by atoms with Crippen LogP contribution in [0.1, 0.15) is 21.8 Å². The molecule has 0 saturated heterocycles. The van der Waals surface area contributed by atoms with Gasteiger partial charge in [-0.15, -0.1) is 11.3 Å². The van der Waals surface area contributed by atoms with Crippen LogP contribution in [-0.4, -0.2) is 27.1 Å². The van der Waals surface area contributed by atoms with Gasteiger partial charge in [-0.1, -0.05) is 17.7 Å². The van der Waals surface area contributed by atoms with E-state index in [0.717, 1.165) is 21.8 Å². The molecular weight excluding hydrogens is 320 g/mol. The fourth-order valence-electron chi connectivity index (χ4n) is 2.15. The highest BCUT2D eigenvalue weighted by Gasteiger charge is 2.16. The van der Waals surface area contributed by atoms with Crippen molar-refractivity contribution in [3.8, 4) is 0 Å². The number of aromatic nitrogens is 1. The topological polar surface area (TPSA) is 68.3 Å². The third-order valence-corrected chi connectivity index (χ3v) is 5.65. The normalized spacial score (nSPS) is 11.8. The molecule has 0 saturated carbocycles. The summed E-state index contributed by atoms with van der Waals surface area (Å²) < 4.78 is 32.3. The van der Waals surface area contributed by atoms with E-state index in [9.17, 15) is 8.42 Å². The molecule has 0 spiro atoms. The Balaban J connectivity index is 1.97. The third-order valence-electron chi connectivity index (χ3n) is 3.16. The second-order valence-corrected chi connectivity index (χ2v) is 7.76. The number of ether oxygens (including phenoxy) is 1. The number of nitrogens with zero attached hydrogens (tertiary/aromatic N) is 1. The van der Waals surface area contributed by atoms with Crippen molar-refractivity contribution < 1.29 is 13.2 Å². The van der Waals surface area contributed by atoms with E-state index in [-0.39, 0.29) is 0 Å². The van der Waals surface area contributed by atoms with Crippen molar-refractivity contribution in [2.24, 2.45) is 0 Å². The summed E-state index contributed by atoms with van der Waals surface area (Å²) in [5.74, 6) is 0. The van der Waals surface area contributed by atoms with Crippen molar-refractivity contribution in [2.45, 2.75) is 31.8 Å². The van der Waals surface area contributed by atoms with Gasteiger partial charge < -0.3 is 4.74 Å². The van der Waals surface area contributed by atoms with Gasteiger partial charge in [0.05, 0.1) is 17.2 Å². The number of hydrogen-bond donors (Lipinski definition) is 1. The molecule has 0 amide bonds. The van der Waals surface area contributed by atoms with E-state index in [1.54, 1.807) is 26.2 Å². The minimum absolute atomic E-state index is 0.325. The molecule has 0 aliphatic carbocycles. The molecule has 0 fully saturated rings. The molecule has 5 nitrogen and oxygen atoms in total. The van der Waals surface area contributed by atoms with E-state index in [4.69, 9.17) is 4.74 Å². The molecule has 1 aromatic heterocycles. The van der Waals surface area contributed by atoms with Gasteiger partial charge in [-0.3, -0.25) is 0 Å². The maximum atomic E-state index is 12.3. The van der Waals surface area contributed by atoms with Crippen LogP contribution >= 0.6 is 11.3 Å². The summed E-state index contributed by atoms with van der Waals surface area (Å²) in [7, 11) is -1.86. The Hall–Kier alpha value is -1.28. The van der Waals surface area contributed by atoms with Crippen molar-refractivity contribution >= 4 is 21.4 Å². The largest absolute Gasteiger partial charge is 0.378 e. The van der Waals surface area contributed by atoms with Crippen LogP contribution in [-0.2, 0) is 27.8 Å². The van der Waals surface area contributed by atoms with Crippen LogP contribution in [0.15, 0.2) is 28.5 Å². The van der Waals surface area contributed by atoms with E-state index < -0.39 is 10.0 Å². The first-order valence-electron chi connectivity index (χ1n) is 6.91. The smallest absolute Gasteiger partial charge is 0.240 e. The second kappa shape index (κ2) is 7.32. The van der Waals surface area contributed by atoms with Crippen LogP contribution in [0.3, 0.4) is 0 Å². The lowest BCUT2D eigenvalue weighted by atomic mass is 10.2. The summed E-state index contributed by atoms with van der Waals surface area (Å²) in [6, 6.07) is 5.32. The molecule has 0 aliphatic rings. The van der Waals surface area contributed by atoms with Crippen molar-refractivity contribution in [3.63, 3.8) is 0 Å². The molecule has 2 rings (SSSR count). The maximum absolute atomic E-state index is 12.3. The standard InChI is InChI=1S/C15H20N2O3S2/c1-11-4-5-14(12(2)8-11)22(18,19)16-7-6-13-10-21-15(17-13)9-20-3/h4-5,8,10,16H,6-7,9H2,1-3H3. The molecule has 120 valence electrons. The van der Waals surface area contributed by atoms with Gasteiger partial charge in [0, 0.05) is 25.5 Å². The van der Waals surface area contributed by atoms with Gasteiger partial charge in [0.15, 0.2) is 0 Å². The van der Waals surface area contributed by atoms with Gasteiger partial charge in [-0.05, 0) is 25.5 Å². The number of thiazole rings is 1. The summed E-state index contributed by atoms with van der Waals surface area (Å²) in [6.45, 7) is 4.56. The number of rotatable bonds is 7. The molecule has 22 heavy (non-hydrogen) atoms. The van der Waals surface area contributed by atoms with Crippen molar-refractivity contribution in [1.29, 1.82) is 0 Å². The molecular formula is C15H20N2O3S2. The van der Waals surface area contributed by atoms with Crippen molar-refractivity contribution in [1.82, 2.24) is 9.71 Å². The predicted molar refractivity (Wildman–Crippen MR) is 87.6 cm³/mol. The van der Waals surface area contributed by atoms with Gasteiger partial charge in [0.1, 0.15) is 5.01 Å². The first-order valence-corrected chi connectivity index (χ1v) is 9.28. The molecule has 1 N–H and O–H groups in total. The zero-order valence-electron chi connectivity index (χ0n) is 12.9. The van der Waals surface area contributed by atoms with Crippen molar-refractivity contribution in [3.05, 3.63) is 45.4 Å². The van der Waals surface area contributed by atoms with E-state index in [1.165, 1.54) is 11.3 Å². The summed E-state index contributed by atoms with van der Waals surface area (Å²) in [6.07, 6.45) is 0.560. The number of hydrogen-bond acceptors (Lipinski definition) is 5. The monoisotopic (exact) mass is 340 g/mol. The Bertz CT molecular complexity index is 739. The van der Waals surface area contributed by atoms with Crippen LogP contribution in [0.25, 0.3) is 0 Å². The third kappa shape index (κ3) is 4.36. The summed E-state index contributed by atoms with van der Waals surface area (Å²) in [5, 5.41) is 2.83. The highest BCUT2D eigenvalue weighted by Crippen LogP contribution is 2.16. The first kappa shape index (κ1) is 17.1. The Morgan fingerprint density at radius 1 is 1.32 bits per heavy atom. The highest BCUT2D eigenvalue weighted by molar-refractivity contribution is 7.89. The second-order valence-electron chi connectivity index (χ2n) is 5.08. The Morgan fingerprint density at radius 2 is 2.09 bits per heavy atom. The maximum Gasteiger partial charge on any atom is 0.240 e. The van der Waals surface area contributed by atoms with Crippen LogP contribution < -0.4 is 4.72 Å². The van der Waals surface area contributed by atoms with E-state index in [1.807, 2.05) is 18.4 Å². The van der Waals surface area contributed by atoms with Gasteiger partial charge >= 0.3 is 0 Å². The molecule has 1 aromatic carbocycles. The molecule has 0 atom stereocenters. The highest BCUT2D eigenvalue weighted by atomic mass is 32.2. The molecule has 0 radical (unpaired) electrons. The fourth-order valence-corrected chi connectivity index (χ4v) is 4.20. The lowest BCUT2D eigenvalue weighted by Crippen LogP contribution is -2.26. The molecule has 7 heteroatoms. The minimum Gasteiger partial charge on any atom is -0.378 e. The van der Waals surface area contributed by atoms with E-state index in [2.05, 4.69) is 9.71 Å². The Labute approximate surface area is 135 Å². The van der Waals surface area contributed by atoms with E-state index >= 15 is 0 Å². The van der Waals surface area contributed by atoms with Crippen LogP contribution in [0.4, 0.5) is 0 Å². The number of nitrogens with one attached hydrogen (secondary N) is 1. The number of methoxy groups -OCH3 is 1. The lowest BCUT2D eigenvalue weighted by Gasteiger charge is -2.09. The molecule has 2 aromatic rings. The van der Waals surface area contributed by atoms with Gasteiger partial charge in [0.25, 0.3) is 0 Å². The quantitative estimate of drug-likeness (QED) is 0.840. The molecule has 1 heterocycles. The van der Waals surface area contributed by atoms with Crippen molar-refractivity contribution in [2.75, 3.05) is 13.7 Å². The Kier molecular flexibility index (Phi) is 5.69. The zero-order valence-corrected chi connectivity index (χ0v) is 14.6. The fraction of sp³-hybridized carbons (Fsp3) is 0.400. The lowest BCUT2D eigenvalue weighted by molar-refractivity contribution is 0.184. The molecule has 0 bridgehead atoms. The number of aryl methyl sites for hydroxylation is 2. The van der Waals surface area contributed by atoms with Crippen LogP contribution in [0.2, 0.25) is 0 Å². The number of benzene rings is 1. The predicted octanol–water partition coefficient (Wildman–Crippen LogP) is 2.43. The average Bonchev–Trinajstić information content (AvgIpc) is 2.86. The minimum atomic E-state index is -3.48. The summed E-state index contributed by atoms with van der Waals surface area (Å²) in [4.78, 5) is 4.71. The Morgan fingerprint density at radius 3 is 2.77 bits per heavy atom. The van der Waals surface area contributed by atoms with Crippen LogP contribution in [0.5, 0.6) is 0 Å². The average molecular weight is 340 g/mol. The van der Waals surface area contributed by atoms with Gasteiger partial charge in [-0.25, -0.2) is 18.1 Å². The number of sulfonamides is 1. The summed E-state index contributed by atoms with van der Waals surface area (Å²) >= 11 is 1.52. The first-order chi connectivity index (χ1) is 10.4. The molecule has 0 aliphatic heterocycles. The van der Waals surface area contributed by atoms with Crippen LogP contribution in [0, 0.1) is 13.8 Å².